The van der Waals surface area contributed by atoms with Crippen molar-refractivity contribution in [1.29, 1.82) is 0 Å². The largest absolute Gasteiger partial charge is 0.339 e. The minimum atomic E-state index is 0.220. The fourth-order valence-electron chi connectivity index (χ4n) is 3.39. The Labute approximate surface area is 105 Å². The second-order valence-electron chi connectivity index (χ2n) is 6.23. The lowest BCUT2D eigenvalue weighted by atomic mass is 10.00. The zero-order valence-electron chi connectivity index (χ0n) is 11.2. The summed E-state index contributed by atoms with van der Waals surface area (Å²) in [5.41, 5.74) is 5.91. The van der Waals surface area contributed by atoms with Gasteiger partial charge < -0.3 is 10.6 Å². The molecule has 0 aromatic heterocycles. The molecule has 0 bridgehead atoms. The molecule has 2 N–H and O–H groups in total. The van der Waals surface area contributed by atoms with Gasteiger partial charge in [-0.2, -0.15) is 0 Å². The fourth-order valence-corrected chi connectivity index (χ4v) is 3.39. The van der Waals surface area contributed by atoms with Gasteiger partial charge in [0.25, 0.3) is 0 Å². The minimum absolute atomic E-state index is 0.220. The van der Waals surface area contributed by atoms with Crippen LogP contribution in [0, 0.1) is 11.8 Å². The Morgan fingerprint density at radius 1 is 1.35 bits per heavy atom. The van der Waals surface area contributed by atoms with Crippen LogP contribution in [0.25, 0.3) is 0 Å². The van der Waals surface area contributed by atoms with E-state index in [1.165, 1.54) is 12.8 Å². The number of nitrogens with zero attached hydrogens (tertiary/aromatic N) is 1. The van der Waals surface area contributed by atoms with Crippen molar-refractivity contribution in [3.63, 3.8) is 0 Å². The van der Waals surface area contributed by atoms with E-state index in [1.54, 1.807) is 0 Å². The van der Waals surface area contributed by atoms with Crippen LogP contribution in [-0.4, -0.2) is 29.4 Å². The van der Waals surface area contributed by atoms with Gasteiger partial charge in [-0.15, -0.1) is 0 Å². The second-order valence-corrected chi connectivity index (χ2v) is 6.23. The molecule has 3 nitrogen and oxygen atoms in total. The Bertz CT molecular complexity index is 277. The summed E-state index contributed by atoms with van der Waals surface area (Å²) in [6.07, 6.45) is 6.48. The maximum atomic E-state index is 12.5. The van der Waals surface area contributed by atoms with Gasteiger partial charge >= 0.3 is 0 Å². The van der Waals surface area contributed by atoms with E-state index in [0.717, 1.165) is 32.2 Å². The Morgan fingerprint density at radius 2 is 2.12 bits per heavy atom. The van der Waals surface area contributed by atoms with E-state index in [9.17, 15) is 4.79 Å². The minimum Gasteiger partial charge on any atom is -0.339 e. The first-order valence-electron chi connectivity index (χ1n) is 7.14. The number of rotatable bonds is 3. The van der Waals surface area contributed by atoms with Gasteiger partial charge in [-0.1, -0.05) is 13.8 Å². The highest BCUT2D eigenvalue weighted by Gasteiger charge is 2.36. The molecule has 0 aromatic rings. The molecule has 0 radical (unpaired) electrons. The third-order valence-electron chi connectivity index (χ3n) is 4.23. The van der Waals surface area contributed by atoms with Crippen LogP contribution in [0.4, 0.5) is 0 Å². The third kappa shape index (κ3) is 3.01. The van der Waals surface area contributed by atoms with Gasteiger partial charge in [-0.25, -0.2) is 0 Å². The molecule has 2 aliphatic rings. The lowest BCUT2D eigenvalue weighted by Crippen LogP contribution is -2.40. The van der Waals surface area contributed by atoms with E-state index < -0.39 is 0 Å². The molecule has 1 amide bonds. The van der Waals surface area contributed by atoms with Gasteiger partial charge in [0.15, 0.2) is 0 Å². The number of hydrogen-bond donors (Lipinski definition) is 1. The molecular formula is C14H26N2O. The predicted molar refractivity (Wildman–Crippen MR) is 69.5 cm³/mol. The SMILES string of the molecule is CC(C)C[C@@H]1CCCN1C(=O)[C@H]1CC[C@H](N)C1. The maximum absolute atomic E-state index is 12.5. The van der Waals surface area contributed by atoms with E-state index in [4.69, 9.17) is 5.73 Å². The lowest BCUT2D eigenvalue weighted by Gasteiger charge is -2.28. The fraction of sp³-hybridized carbons (Fsp3) is 0.929. The van der Waals surface area contributed by atoms with Gasteiger partial charge in [-0.3, -0.25) is 4.79 Å². The van der Waals surface area contributed by atoms with Gasteiger partial charge in [0.1, 0.15) is 0 Å². The molecule has 98 valence electrons. The van der Waals surface area contributed by atoms with E-state index in [2.05, 4.69) is 18.7 Å². The Kier molecular flexibility index (Phi) is 4.08. The summed E-state index contributed by atoms with van der Waals surface area (Å²) in [4.78, 5) is 14.6. The molecule has 0 unspecified atom stereocenters. The summed E-state index contributed by atoms with van der Waals surface area (Å²) >= 11 is 0. The normalized spacial score (nSPS) is 33.6. The number of likely N-dealkylation sites (tertiary alicyclic amines) is 1. The third-order valence-corrected chi connectivity index (χ3v) is 4.23. The van der Waals surface area contributed by atoms with Crippen LogP contribution in [0.2, 0.25) is 0 Å². The Morgan fingerprint density at radius 3 is 2.71 bits per heavy atom. The van der Waals surface area contributed by atoms with E-state index in [0.29, 0.717) is 17.9 Å². The second kappa shape index (κ2) is 5.38. The molecule has 1 saturated heterocycles. The van der Waals surface area contributed by atoms with Crippen molar-refractivity contribution in [2.45, 2.75) is 64.5 Å². The summed E-state index contributed by atoms with van der Waals surface area (Å²) in [7, 11) is 0. The first kappa shape index (κ1) is 12.9. The summed E-state index contributed by atoms with van der Waals surface area (Å²) < 4.78 is 0. The first-order valence-corrected chi connectivity index (χ1v) is 7.14. The Balaban J connectivity index is 1.93. The van der Waals surface area contributed by atoms with Crippen LogP contribution in [0.5, 0.6) is 0 Å². The molecule has 2 fully saturated rings. The van der Waals surface area contributed by atoms with Crippen LogP contribution < -0.4 is 5.73 Å². The molecule has 0 spiro atoms. The highest BCUT2D eigenvalue weighted by Crippen LogP contribution is 2.31. The molecule has 1 aliphatic heterocycles. The van der Waals surface area contributed by atoms with Gasteiger partial charge in [-0.05, 0) is 44.4 Å². The summed E-state index contributed by atoms with van der Waals surface area (Å²) in [5, 5.41) is 0. The van der Waals surface area contributed by atoms with Gasteiger partial charge in [0.05, 0.1) is 0 Å². The van der Waals surface area contributed by atoms with Gasteiger partial charge in [0, 0.05) is 24.5 Å². The number of carbonyl (C=O) groups is 1. The number of hydrogen-bond acceptors (Lipinski definition) is 2. The van der Waals surface area contributed by atoms with Crippen LogP contribution in [-0.2, 0) is 4.79 Å². The smallest absolute Gasteiger partial charge is 0.225 e. The molecule has 1 aliphatic carbocycles. The zero-order valence-corrected chi connectivity index (χ0v) is 11.2. The molecule has 3 heteroatoms. The van der Waals surface area contributed by atoms with E-state index >= 15 is 0 Å². The van der Waals surface area contributed by atoms with Crippen molar-refractivity contribution in [1.82, 2.24) is 4.90 Å². The first-order chi connectivity index (χ1) is 8.08. The highest BCUT2D eigenvalue weighted by molar-refractivity contribution is 5.79. The molecule has 2 rings (SSSR count). The van der Waals surface area contributed by atoms with Crippen molar-refractivity contribution in [2.24, 2.45) is 17.6 Å². The molecule has 1 heterocycles. The topological polar surface area (TPSA) is 46.3 Å². The van der Waals surface area contributed by atoms with E-state index in [1.807, 2.05) is 0 Å². The van der Waals surface area contributed by atoms with Crippen molar-refractivity contribution in [3.8, 4) is 0 Å². The highest BCUT2D eigenvalue weighted by atomic mass is 16.2. The maximum Gasteiger partial charge on any atom is 0.225 e. The van der Waals surface area contributed by atoms with Gasteiger partial charge in [0.2, 0.25) is 5.91 Å². The standard InChI is InChI=1S/C14H26N2O/c1-10(2)8-13-4-3-7-16(13)14(17)11-5-6-12(15)9-11/h10-13H,3-9,15H2,1-2H3/t11-,12-,13-/m0/s1. The number of nitrogens with two attached hydrogens (primary N) is 1. The number of carbonyl (C=O) groups excluding carboxylic acids is 1. The summed E-state index contributed by atoms with van der Waals surface area (Å²) in [6, 6.07) is 0.759. The molecule has 17 heavy (non-hydrogen) atoms. The van der Waals surface area contributed by atoms with Crippen molar-refractivity contribution in [2.75, 3.05) is 6.54 Å². The van der Waals surface area contributed by atoms with Crippen LogP contribution in [0.3, 0.4) is 0 Å². The van der Waals surface area contributed by atoms with Crippen molar-refractivity contribution >= 4 is 5.91 Å². The number of amides is 1. The molecule has 1 saturated carbocycles. The van der Waals surface area contributed by atoms with Crippen LogP contribution in [0.15, 0.2) is 0 Å². The predicted octanol–water partition coefficient (Wildman–Crippen LogP) is 2.15. The van der Waals surface area contributed by atoms with Crippen LogP contribution in [0.1, 0.15) is 52.4 Å². The summed E-state index contributed by atoms with van der Waals surface area (Å²) in [5.74, 6) is 1.29. The lowest BCUT2D eigenvalue weighted by molar-refractivity contribution is -0.136. The summed E-state index contributed by atoms with van der Waals surface area (Å²) in [6.45, 7) is 5.46. The van der Waals surface area contributed by atoms with Crippen LogP contribution >= 0.6 is 0 Å². The Hall–Kier alpha value is -0.570. The monoisotopic (exact) mass is 238 g/mol. The van der Waals surface area contributed by atoms with Crippen molar-refractivity contribution in [3.05, 3.63) is 0 Å². The van der Waals surface area contributed by atoms with E-state index in [-0.39, 0.29) is 12.0 Å². The molecule has 3 atom stereocenters. The molecular weight excluding hydrogens is 212 g/mol. The zero-order chi connectivity index (χ0) is 12.4. The quantitative estimate of drug-likeness (QED) is 0.819. The van der Waals surface area contributed by atoms with Crippen molar-refractivity contribution < 1.29 is 4.79 Å². The molecule has 0 aromatic carbocycles. The average molecular weight is 238 g/mol. The average Bonchev–Trinajstić information content (AvgIpc) is 2.85.